The van der Waals surface area contributed by atoms with Crippen molar-refractivity contribution < 1.29 is 5.11 Å². The lowest BCUT2D eigenvalue weighted by atomic mass is 10.0. The van der Waals surface area contributed by atoms with E-state index in [0.717, 1.165) is 6.42 Å². The van der Waals surface area contributed by atoms with Crippen LogP contribution >= 0.6 is 34.8 Å². The second-order valence-electron chi connectivity index (χ2n) is 3.36. The summed E-state index contributed by atoms with van der Waals surface area (Å²) in [5.41, 5.74) is 1.07. The Labute approximate surface area is 105 Å². The third kappa shape index (κ3) is 3.53. The lowest BCUT2D eigenvalue weighted by molar-refractivity contribution is 0.0798. The summed E-state index contributed by atoms with van der Waals surface area (Å²) in [6.45, 7) is 1.96. The monoisotopic (exact) mass is 265 g/mol. The SMILES string of the molecule is CCCC([O])c1ccccc1C(Cl)(Cl)Cl. The molecule has 0 heterocycles. The molecule has 15 heavy (non-hydrogen) atoms. The number of rotatable bonds is 3. The maximum atomic E-state index is 11.8. The zero-order chi connectivity index (χ0) is 11.5. The van der Waals surface area contributed by atoms with Gasteiger partial charge in [0.25, 0.3) is 0 Å². The standard InChI is InChI=1S/C11H12Cl3O/c1-2-5-10(15)8-6-3-4-7-9(8)11(12,13)14/h3-4,6-7,10H,2,5H2,1H3. The van der Waals surface area contributed by atoms with Crippen molar-refractivity contribution in [1.29, 1.82) is 0 Å². The third-order valence-corrected chi connectivity index (χ3v) is 2.77. The number of hydrogen-bond acceptors (Lipinski definition) is 0. The first-order chi connectivity index (χ1) is 6.96. The first-order valence-electron chi connectivity index (χ1n) is 4.78. The van der Waals surface area contributed by atoms with E-state index >= 15 is 0 Å². The maximum Gasteiger partial charge on any atom is 0.216 e. The van der Waals surface area contributed by atoms with E-state index in [2.05, 4.69) is 0 Å². The van der Waals surface area contributed by atoms with E-state index in [4.69, 9.17) is 34.8 Å². The molecule has 1 atom stereocenters. The zero-order valence-electron chi connectivity index (χ0n) is 8.34. The molecular formula is C11H12Cl3O. The molecule has 0 aliphatic carbocycles. The molecule has 0 N–H and O–H groups in total. The summed E-state index contributed by atoms with van der Waals surface area (Å²) in [6, 6.07) is 6.96. The van der Waals surface area contributed by atoms with Crippen molar-refractivity contribution in [3.63, 3.8) is 0 Å². The van der Waals surface area contributed by atoms with Gasteiger partial charge in [0, 0.05) is 5.56 Å². The molecule has 0 bridgehead atoms. The van der Waals surface area contributed by atoms with Gasteiger partial charge in [-0.05, 0) is 12.0 Å². The molecule has 0 aliphatic rings. The lowest BCUT2D eigenvalue weighted by Crippen LogP contribution is -2.08. The van der Waals surface area contributed by atoms with Crippen molar-refractivity contribution in [2.45, 2.75) is 29.7 Å². The molecule has 1 radical (unpaired) electrons. The van der Waals surface area contributed by atoms with Crippen molar-refractivity contribution in [3.05, 3.63) is 35.4 Å². The Bertz CT molecular complexity index is 320. The summed E-state index contributed by atoms with van der Waals surface area (Å²) in [6.07, 6.45) is 0.557. The predicted octanol–water partition coefficient (Wildman–Crippen LogP) is 4.79. The highest BCUT2D eigenvalue weighted by molar-refractivity contribution is 6.66. The largest absolute Gasteiger partial charge is 0.228 e. The summed E-state index contributed by atoms with van der Waals surface area (Å²) >= 11 is 17.4. The quantitative estimate of drug-likeness (QED) is 0.701. The van der Waals surface area contributed by atoms with Gasteiger partial charge in [-0.2, -0.15) is 0 Å². The zero-order valence-corrected chi connectivity index (χ0v) is 10.6. The van der Waals surface area contributed by atoms with Crippen LogP contribution in [0.15, 0.2) is 24.3 Å². The van der Waals surface area contributed by atoms with Gasteiger partial charge in [-0.25, -0.2) is 5.11 Å². The highest BCUT2D eigenvalue weighted by Crippen LogP contribution is 2.42. The minimum absolute atomic E-state index is 0.489. The second kappa shape index (κ2) is 5.40. The highest BCUT2D eigenvalue weighted by Gasteiger charge is 2.28. The normalized spacial score (nSPS) is 13.9. The Balaban J connectivity index is 3.06. The molecule has 1 nitrogen and oxygen atoms in total. The van der Waals surface area contributed by atoms with Gasteiger partial charge in [0.15, 0.2) is 0 Å². The Morgan fingerprint density at radius 3 is 2.40 bits per heavy atom. The van der Waals surface area contributed by atoms with Crippen LogP contribution < -0.4 is 0 Å². The fraction of sp³-hybridized carbons (Fsp3) is 0.455. The van der Waals surface area contributed by atoms with Gasteiger partial charge < -0.3 is 0 Å². The molecule has 1 aromatic carbocycles. The van der Waals surface area contributed by atoms with Gasteiger partial charge in [-0.1, -0.05) is 72.4 Å². The average molecular weight is 267 g/mol. The average Bonchev–Trinajstić information content (AvgIpc) is 2.17. The molecule has 1 rings (SSSR count). The Morgan fingerprint density at radius 1 is 1.27 bits per heavy atom. The summed E-state index contributed by atoms with van der Waals surface area (Å²) in [5.74, 6) is 0. The Hall–Kier alpha value is 0.0500. The first-order valence-corrected chi connectivity index (χ1v) is 5.92. The van der Waals surface area contributed by atoms with Crippen LogP contribution in [0.25, 0.3) is 0 Å². The fourth-order valence-electron chi connectivity index (χ4n) is 1.45. The molecule has 0 aromatic heterocycles. The van der Waals surface area contributed by atoms with Crippen LogP contribution in [-0.2, 0) is 8.90 Å². The van der Waals surface area contributed by atoms with Gasteiger partial charge in [0.05, 0.1) is 0 Å². The molecule has 0 fully saturated rings. The topological polar surface area (TPSA) is 19.9 Å². The number of benzene rings is 1. The fourth-order valence-corrected chi connectivity index (χ4v) is 1.97. The van der Waals surface area contributed by atoms with Crippen LogP contribution in [0.2, 0.25) is 0 Å². The van der Waals surface area contributed by atoms with Crippen LogP contribution in [0.3, 0.4) is 0 Å². The Morgan fingerprint density at radius 2 is 1.87 bits per heavy atom. The lowest BCUT2D eigenvalue weighted by Gasteiger charge is -2.18. The molecule has 83 valence electrons. The maximum absolute atomic E-state index is 11.8. The molecule has 1 aromatic rings. The second-order valence-corrected chi connectivity index (χ2v) is 5.64. The van der Waals surface area contributed by atoms with E-state index in [1.54, 1.807) is 24.3 Å². The smallest absolute Gasteiger partial charge is 0.216 e. The first kappa shape index (κ1) is 13.1. The Kier molecular flexibility index (Phi) is 4.72. The van der Waals surface area contributed by atoms with Crippen molar-refractivity contribution in [1.82, 2.24) is 0 Å². The number of alkyl halides is 3. The van der Waals surface area contributed by atoms with E-state index in [9.17, 15) is 5.11 Å². The van der Waals surface area contributed by atoms with Crippen LogP contribution in [0.4, 0.5) is 0 Å². The van der Waals surface area contributed by atoms with Crippen molar-refractivity contribution in [2.75, 3.05) is 0 Å². The van der Waals surface area contributed by atoms with E-state index < -0.39 is 9.90 Å². The molecule has 0 amide bonds. The van der Waals surface area contributed by atoms with Crippen LogP contribution in [0.5, 0.6) is 0 Å². The minimum Gasteiger partial charge on any atom is -0.228 e. The summed E-state index contributed by atoms with van der Waals surface area (Å²) < 4.78 is -1.52. The number of hydrogen-bond donors (Lipinski definition) is 0. The van der Waals surface area contributed by atoms with E-state index in [1.165, 1.54) is 0 Å². The molecule has 1 unspecified atom stereocenters. The molecule has 0 aliphatic heterocycles. The molecular weight excluding hydrogens is 254 g/mol. The molecule has 0 saturated heterocycles. The third-order valence-electron chi connectivity index (χ3n) is 2.16. The van der Waals surface area contributed by atoms with Crippen LogP contribution in [0.1, 0.15) is 37.0 Å². The minimum atomic E-state index is -1.52. The molecule has 0 saturated carbocycles. The van der Waals surface area contributed by atoms with Crippen molar-refractivity contribution in [3.8, 4) is 0 Å². The van der Waals surface area contributed by atoms with Gasteiger partial charge >= 0.3 is 0 Å². The number of halogens is 3. The van der Waals surface area contributed by atoms with E-state index in [-0.39, 0.29) is 0 Å². The van der Waals surface area contributed by atoms with Gasteiger partial charge in [0.1, 0.15) is 6.10 Å². The van der Waals surface area contributed by atoms with Crippen molar-refractivity contribution >= 4 is 34.8 Å². The van der Waals surface area contributed by atoms with Gasteiger partial charge in [-0.3, -0.25) is 0 Å². The summed E-state index contributed by atoms with van der Waals surface area (Å²) in [4.78, 5) is 0. The summed E-state index contributed by atoms with van der Waals surface area (Å²) in [5, 5.41) is 11.8. The molecule has 4 heteroatoms. The van der Waals surface area contributed by atoms with Crippen LogP contribution in [-0.4, -0.2) is 0 Å². The summed E-state index contributed by atoms with van der Waals surface area (Å²) in [7, 11) is 0. The molecule has 0 spiro atoms. The van der Waals surface area contributed by atoms with E-state index in [0.29, 0.717) is 17.5 Å². The predicted molar refractivity (Wildman–Crippen MR) is 64.0 cm³/mol. The van der Waals surface area contributed by atoms with Gasteiger partial charge in [0.2, 0.25) is 3.79 Å². The van der Waals surface area contributed by atoms with Crippen LogP contribution in [0, 0.1) is 0 Å². The highest BCUT2D eigenvalue weighted by atomic mass is 35.6. The van der Waals surface area contributed by atoms with Crippen molar-refractivity contribution in [2.24, 2.45) is 0 Å². The van der Waals surface area contributed by atoms with E-state index in [1.807, 2.05) is 6.92 Å². The van der Waals surface area contributed by atoms with Gasteiger partial charge in [-0.15, -0.1) is 0 Å².